The molecule has 0 fully saturated rings. The SMILES string of the molecule is COCC(CN)c1ccc2c(c1)CC(=O)N2. The highest BCUT2D eigenvalue weighted by Crippen LogP contribution is 2.27. The molecule has 0 bridgehead atoms. The molecule has 1 aromatic carbocycles. The number of amides is 1. The molecule has 1 atom stereocenters. The van der Waals surface area contributed by atoms with E-state index in [1.807, 2.05) is 18.2 Å². The van der Waals surface area contributed by atoms with Crippen LogP contribution in [0.3, 0.4) is 0 Å². The Bertz CT molecular complexity index is 404. The zero-order chi connectivity index (χ0) is 11.5. The second-order valence-corrected chi connectivity index (χ2v) is 4.03. The van der Waals surface area contributed by atoms with Crippen LogP contribution in [0, 0.1) is 0 Å². The Morgan fingerprint density at radius 1 is 1.56 bits per heavy atom. The third-order valence-electron chi connectivity index (χ3n) is 2.88. The topological polar surface area (TPSA) is 64.3 Å². The van der Waals surface area contributed by atoms with E-state index in [-0.39, 0.29) is 11.8 Å². The van der Waals surface area contributed by atoms with E-state index >= 15 is 0 Å². The molecule has 4 nitrogen and oxygen atoms in total. The number of ether oxygens (including phenoxy) is 1. The summed E-state index contributed by atoms with van der Waals surface area (Å²) in [6.45, 7) is 1.16. The standard InChI is InChI=1S/C12H16N2O2/c1-16-7-10(6-13)8-2-3-11-9(4-8)5-12(15)14-11/h2-4,10H,5-7,13H2,1H3,(H,14,15). The van der Waals surface area contributed by atoms with Gasteiger partial charge in [0.15, 0.2) is 0 Å². The van der Waals surface area contributed by atoms with Crippen LogP contribution in [-0.4, -0.2) is 26.2 Å². The summed E-state index contributed by atoms with van der Waals surface area (Å²) in [5.41, 5.74) is 8.81. The molecule has 0 aliphatic carbocycles. The number of nitrogens with two attached hydrogens (primary N) is 1. The summed E-state index contributed by atoms with van der Waals surface area (Å²) in [4.78, 5) is 11.2. The number of carbonyl (C=O) groups is 1. The van der Waals surface area contributed by atoms with E-state index in [9.17, 15) is 4.79 Å². The van der Waals surface area contributed by atoms with Crippen LogP contribution in [0.5, 0.6) is 0 Å². The number of anilines is 1. The molecule has 3 N–H and O–H groups in total. The number of fused-ring (bicyclic) bond motifs is 1. The highest BCUT2D eigenvalue weighted by Gasteiger charge is 2.19. The number of benzene rings is 1. The van der Waals surface area contributed by atoms with Crippen molar-refractivity contribution in [2.75, 3.05) is 25.6 Å². The second kappa shape index (κ2) is 4.63. The molecule has 1 heterocycles. The summed E-state index contributed by atoms with van der Waals surface area (Å²) in [7, 11) is 1.67. The first-order chi connectivity index (χ1) is 7.74. The van der Waals surface area contributed by atoms with Crippen molar-refractivity contribution < 1.29 is 9.53 Å². The fourth-order valence-electron chi connectivity index (χ4n) is 2.00. The van der Waals surface area contributed by atoms with Crippen LogP contribution in [0.25, 0.3) is 0 Å². The molecule has 86 valence electrons. The number of hydrogen-bond donors (Lipinski definition) is 2. The number of carbonyl (C=O) groups excluding carboxylic acids is 1. The molecule has 16 heavy (non-hydrogen) atoms. The molecule has 2 rings (SSSR count). The first-order valence-electron chi connectivity index (χ1n) is 5.36. The fraction of sp³-hybridized carbons (Fsp3) is 0.417. The summed E-state index contributed by atoms with van der Waals surface area (Å²) < 4.78 is 5.13. The first-order valence-corrected chi connectivity index (χ1v) is 5.36. The van der Waals surface area contributed by atoms with Gasteiger partial charge in [0.1, 0.15) is 0 Å². The van der Waals surface area contributed by atoms with Crippen LogP contribution in [-0.2, 0) is 16.0 Å². The van der Waals surface area contributed by atoms with Crippen molar-refractivity contribution >= 4 is 11.6 Å². The van der Waals surface area contributed by atoms with Gasteiger partial charge in [-0.1, -0.05) is 12.1 Å². The van der Waals surface area contributed by atoms with E-state index in [4.69, 9.17) is 10.5 Å². The number of rotatable bonds is 4. The Labute approximate surface area is 94.8 Å². The largest absolute Gasteiger partial charge is 0.384 e. The third kappa shape index (κ3) is 2.08. The van der Waals surface area contributed by atoms with Gasteiger partial charge in [-0.25, -0.2) is 0 Å². The van der Waals surface area contributed by atoms with Crippen LogP contribution in [0.1, 0.15) is 17.0 Å². The van der Waals surface area contributed by atoms with Crippen molar-refractivity contribution in [3.05, 3.63) is 29.3 Å². The quantitative estimate of drug-likeness (QED) is 0.791. The lowest BCUT2D eigenvalue weighted by molar-refractivity contribution is -0.115. The molecule has 0 aromatic heterocycles. The number of nitrogens with one attached hydrogen (secondary N) is 1. The Kier molecular flexibility index (Phi) is 3.22. The number of hydrogen-bond acceptors (Lipinski definition) is 3. The molecule has 1 aliphatic rings. The van der Waals surface area contributed by atoms with Gasteiger partial charge in [-0.15, -0.1) is 0 Å². The summed E-state index contributed by atoms with van der Waals surface area (Å²) in [6.07, 6.45) is 0.466. The third-order valence-corrected chi connectivity index (χ3v) is 2.88. The van der Waals surface area contributed by atoms with Gasteiger partial charge in [0.25, 0.3) is 0 Å². The molecule has 1 unspecified atom stereocenters. The van der Waals surface area contributed by atoms with Crippen molar-refractivity contribution in [2.24, 2.45) is 5.73 Å². The Morgan fingerprint density at radius 2 is 2.38 bits per heavy atom. The van der Waals surface area contributed by atoms with Gasteiger partial charge in [-0.3, -0.25) is 4.79 Å². The van der Waals surface area contributed by atoms with Crippen molar-refractivity contribution in [3.63, 3.8) is 0 Å². The lowest BCUT2D eigenvalue weighted by Gasteiger charge is -2.14. The summed E-state index contributed by atoms with van der Waals surface area (Å²) in [6, 6.07) is 5.98. The van der Waals surface area contributed by atoms with Crippen LogP contribution < -0.4 is 11.1 Å². The molecule has 0 spiro atoms. The van der Waals surface area contributed by atoms with Crippen LogP contribution in [0.4, 0.5) is 5.69 Å². The van der Waals surface area contributed by atoms with Gasteiger partial charge >= 0.3 is 0 Å². The van der Waals surface area contributed by atoms with Gasteiger partial charge in [-0.2, -0.15) is 0 Å². The van der Waals surface area contributed by atoms with Gasteiger partial charge < -0.3 is 15.8 Å². The van der Waals surface area contributed by atoms with Crippen molar-refractivity contribution in [1.82, 2.24) is 0 Å². The smallest absolute Gasteiger partial charge is 0.228 e. The fourth-order valence-corrected chi connectivity index (χ4v) is 2.00. The predicted molar refractivity (Wildman–Crippen MR) is 62.4 cm³/mol. The molecular formula is C12H16N2O2. The zero-order valence-electron chi connectivity index (χ0n) is 9.32. The molecule has 0 saturated heterocycles. The highest BCUT2D eigenvalue weighted by molar-refractivity contribution is 5.99. The van der Waals surface area contributed by atoms with Crippen LogP contribution in [0.2, 0.25) is 0 Å². The van der Waals surface area contributed by atoms with Crippen molar-refractivity contribution in [1.29, 1.82) is 0 Å². The average molecular weight is 220 g/mol. The molecule has 4 heteroatoms. The molecule has 0 saturated carbocycles. The van der Waals surface area contributed by atoms with Crippen LogP contribution in [0.15, 0.2) is 18.2 Å². The summed E-state index contributed by atoms with van der Waals surface area (Å²) in [5, 5.41) is 2.81. The Hall–Kier alpha value is -1.39. The molecule has 1 amide bonds. The van der Waals surface area contributed by atoms with Gasteiger partial charge in [0, 0.05) is 25.3 Å². The maximum absolute atomic E-state index is 11.2. The maximum atomic E-state index is 11.2. The summed E-state index contributed by atoms with van der Waals surface area (Å²) in [5.74, 6) is 0.259. The molecule has 0 radical (unpaired) electrons. The van der Waals surface area contributed by atoms with E-state index < -0.39 is 0 Å². The monoisotopic (exact) mass is 220 g/mol. The number of methoxy groups -OCH3 is 1. The summed E-state index contributed by atoms with van der Waals surface area (Å²) >= 11 is 0. The minimum atomic E-state index is 0.0585. The Morgan fingerprint density at radius 3 is 3.06 bits per heavy atom. The van der Waals surface area contributed by atoms with Crippen LogP contribution >= 0.6 is 0 Å². The molecule has 1 aromatic rings. The van der Waals surface area contributed by atoms with Gasteiger partial charge in [0.05, 0.1) is 13.0 Å². The average Bonchev–Trinajstić information content (AvgIpc) is 2.64. The van der Waals surface area contributed by atoms with Crippen molar-refractivity contribution in [3.8, 4) is 0 Å². The lowest BCUT2D eigenvalue weighted by Crippen LogP contribution is -2.17. The second-order valence-electron chi connectivity index (χ2n) is 4.03. The minimum absolute atomic E-state index is 0.0585. The zero-order valence-corrected chi connectivity index (χ0v) is 9.32. The van der Waals surface area contributed by atoms with Gasteiger partial charge in [0.2, 0.25) is 5.91 Å². The molecule has 1 aliphatic heterocycles. The normalized spacial score (nSPS) is 15.8. The lowest BCUT2D eigenvalue weighted by atomic mass is 9.97. The van der Waals surface area contributed by atoms with E-state index in [0.29, 0.717) is 19.6 Å². The predicted octanol–water partition coefficient (Wildman–Crippen LogP) is 0.870. The van der Waals surface area contributed by atoms with E-state index in [1.54, 1.807) is 7.11 Å². The first kappa shape index (κ1) is 11.1. The maximum Gasteiger partial charge on any atom is 0.228 e. The minimum Gasteiger partial charge on any atom is -0.384 e. The van der Waals surface area contributed by atoms with E-state index in [0.717, 1.165) is 16.8 Å². The highest BCUT2D eigenvalue weighted by atomic mass is 16.5. The van der Waals surface area contributed by atoms with Gasteiger partial charge in [-0.05, 0) is 17.2 Å². The Balaban J connectivity index is 2.24. The van der Waals surface area contributed by atoms with E-state index in [2.05, 4.69) is 5.32 Å². The molecular weight excluding hydrogens is 204 g/mol. The van der Waals surface area contributed by atoms with E-state index in [1.165, 1.54) is 0 Å². The van der Waals surface area contributed by atoms with Crippen molar-refractivity contribution in [2.45, 2.75) is 12.3 Å².